The maximum absolute atomic E-state index is 12.6. The first-order chi connectivity index (χ1) is 17.4. The number of ether oxygens (including phenoxy) is 2. The van der Waals surface area contributed by atoms with E-state index in [9.17, 15) is 9.59 Å². The molecule has 0 radical (unpaired) electrons. The van der Waals surface area contributed by atoms with Crippen LogP contribution in [-0.4, -0.2) is 69.8 Å². The number of nitrogens with one attached hydrogen (secondary N) is 2. The number of H-pyrrole nitrogens is 1. The van der Waals surface area contributed by atoms with Crippen LogP contribution >= 0.6 is 0 Å². The molecule has 10 heteroatoms. The van der Waals surface area contributed by atoms with Gasteiger partial charge in [0.15, 0.2) is 12.3 Å². The number of rotatable bonds is 5. The van der Waals surface area contributed by atoms with Crippen LogP contribution in [0.5, 0.6) is 0 Å². The van der Waals surface area contributed by atoms with Crippen molar-refractivity contribution in [3.63, 3.8) is 0 Å². The summed E-state index contributed by atoms with van der Waals surface area (Å²) in [7, 11) is 1.46. The molecule has 10 nitrogen and oxygen atoms in total. The standard InChI is InChI=1S/C26H30N6O4/c1-15(2)23-19-10-17(21-12-31(7-8-35-21)22(33)13-36-26(34)27-4)5-6-20(19)30-24(23)18-9-16(3)25-28-14-29-32(25)11-18/h5-6,9-11,14-15,21,30H,7-8,12-13H2,1-4H3,(H,27,34). The van der Waals surface area contributed by atoms with E-state index in [1.807, 2.05) is 19.2 Å². The van der Waals surface area contributed by atoms with Crippen molar-refractivity contribution in [1.29, 1.82) is 0 Å². The fourth-order valence-electron chi connectivity index (χ4n) is 4.86. The molecule has 2 amide bonds. The van der Waals surface area contributed by atoms with Crippen molar-refractivity contribution in [2.75, 3.05) is 33.4 Å². The van der Waals surface area contributed by atoms with E-state index in [4.69, 9.17) is 9.47 Å². The molecule has 0 saturated carbocycles. The van der Waals surface area contributed by atoms with E-state index in [1.54, 1.807) is 15.7 Å². The normalized spacial score (nSPS) is 16.1. The zero-order chi connectivity index (χ0) is 25.4. The molecule has 0 bridgehead atoms. The van der Waals surface area contributed by atoms with Gasteiger partial charge in [-0.05, 0) is 47.7 Å². The number of amides is 2. The van der Waals surface area contributed by atoms with Gasteiger partial charge in [-0.2, -0.15) is 5.10 Å². The Morgan fingerprint density at radius 2 is 2.14 bits per heavy atom. The molecule has 2 N–H and O–H groups in total. The third kappa shape index (κ3) is 4.39. The molecule has 4 heterocycles. The third-order valence-corrected chi connectivity index (χ3v) is 6.61. The number of hydrogen-bond acceptors (Lipinski definition) is 6. The number of carbonyl (C=O) groups excluding carboxylic acids is 2. The second-order valence-electron chi connectivity index (χ2n) is 9.34. The Bertz CT molecular complexity index is 1440. The van der Waals surface area contributed by atoms with Gasteiger partial charge in [-0.15, -0.1) is 0 Å². The van der Waals surface area contributed by atoms with Crippen molar-refractivity contribution >= 4 is 28.6 Å². The first kappa shape index (κ1) is 23.8. The molecule has 0 spiro atoms. The average molecular weight is 491 g/mol. The number of hydrogen-bond donors (Lipinski definition) is 2. The summed E-state index contributed by atoms with van der Waals surface area (Å²) in [5.41, 5.74) is 7.27. The highest BCUT2D eigenvalue weighted by Crippen LogP contribution is 2.37. The quantitative estimate of drug-likeness (QED) is 0.442. The smallest absolute Gasteiger partial charge is 0.407 e. The number of nitrogens with zero attached hydrogens (tertiary/aromatic N) is 4. The van der Waals surface area contributed by atoms with E-state index >= 15 is 0 Å². The van der Waals surface area contributed by atoms with E-state index in [1.165, 1.54) is 12.6 Å². The molecule has 36 heavy (non-hydrogen) atoms. The number of aryl methyl sites for hydroxylation is 1. The second-order valence-corrected chi connectivity index (χ2v) is 9.34. The summed E-state index contributed by atoms with van der Waals surface area (Å²) in [6.07, 6.45) is 2.68. The van der Waals surface area contributed by atoms with Crippen molar-refractivity contribution < 1.29 is 19.1 Å². The molecular weight excluding hydrogens is 460 g/mol. The van der Waals surface area contributed by atoms with Gasteiger partial charge in [-0.25, -0.2) is 14.3 Å². The molecule has 1 fully saturated rings. The molecule has 1 aliphatic rings. The van der Waals surface area contributed by atoms with Crippen LogP contribution in [0.15, 0.2) is 36.8 Å². The van der Waals surface area contributed by atoms with Crippen molar-refractivity contribution in [2.24, 2.45) is 0 Å². The third-order valence-electron chi connectivity index (χ3n) is 6.61. The average Bonchev–Trinajstić information content (AvgIpc) is 3.51. The fraction of sp³-hybridized carbons (Fsp3) is 0.385. The monoisotopic (exact) mass is 490 g/mol. The number of fused-ring (bicyclic) bond motifs is 2. The lowest BCUT2D eigenvalue weighted by Gasteiger charge is -2.33. The molecule has 5 rings (SSSR count). The van der Waals surface area contributed by atoms with Crippen molar-refractivity contribution in [2.45, 2.75) is 32.8 Å². The Kier molecular flexibility index (Phi) is 6.36. The summed E-state index contributed by atoms with van der Waals surface area (Å²) in [6, 6.07) is 8.40. The minimum Gasteiger partial charge on any atom is -0.439 e. The molecule has 188 valence electrons. The molecule has 0 aliphatic carbocycles. The summed E-state index contributed by atoms with van der Waals surface area (Å²) in [5, 5.41) is 7.80. The summed E-state index contributed by atoms with van der Waals surface area (Å²) in [5.74, 6) is 0.0293. The number of alkyl carbamates (subject to hydrolysis) is 1. The molecule has 1 aromatic carbocycles. The van der Waals surface area contributed by atoms with Gasteiger partial charge in [0.25, 0.3) is 5.91 Å². The molecule has 1 unspecified atom stereocenters. The number of aromatic amines is 1. The predicted octanol–water partition coefficient (Wildman–Crippen LogP) is 3.57. The fourth-order valence-corrected chi connectivity index (χ4v) is 4.86. The minimum atomic E-state index is -0.624. The summed E-state index contributed by atoms with van der Waals surface area (Å²) in [4.78, 5) is 33.5. The Labute approximate surface area is 208 Å². The van der Waals surface area contributed by atoms with E-state index < -0.39 is 6.09 Å². The summed E-state index contributed by atoms with van der Waals surface area (Å²) in [6.45, 7) is 7.40. The Balaban J connectivity index is 1.46. The van der Waals surface area contributed by atoms with Gasteiger partial charge in [-0.3, -0.25) is 4.79 Å². The number of aromatic nitrogens is 4. The predicted molar refractivity (Wildman–Crippen MR) is 135 cm³/mol. The van der Waals surface area contributed by atoms with Gasteiger partial charge in [0, 0.05) is 36.3 Å². The minimum absolute atomic E-state index is 0.237. The van der Waals surface area contributed by atoms with E-state index in [0.29, 0.717) is 19.7 Å². The maximum Gasteiger partial charge on any atom is 0.407 e. The highest BCUT2D eigenvalue weighted by atomic mass is 16.6. The van der Waals surface area contributed by atoms with Gasteiger partial charge in [0.1, 0.15) is 12.4 Å². The lowest BCUT2D eigenvalue weighted by molar-refractivity contribution is -0.142. The van der Waals surface area contributed by atoms with Crippen molar-refractivity contribution in [3.8, 4) is 11.3 Å². The van der Waals surface area contributed by atoms with Gasteiger partial charge in [0.2, 0.25) is 0 Å². The van der Waals surface area contributed by atoms with Crippen molar-refractivity contribution in [3.05, 3.63) is 53.5 Å². The lowest BCUT2D eigenvalue weighted by atomic mass is 9.94. The topological polar surface area (TPSA) is 114 Å². The maximum atomic E-state index is 12.6. The highest BCUT2D eigenvalue weighted by Gasteiger charge is 2.27. The van der Waals surface area contributed by atoms with Crippen LogP contribution < -0.4 is 5.32 Å². The molecule has 3 aromatic heterocycles. The SMILES string of the molecule is CNC(=O)OCC(=O)N1CCOC(c2ccc3[nH]c(-c4cc(C)c5ncnn5c4)c(C(C)C)c3c2)C1. The number of pyridine rings is 1. The molecular formula is C26H30N6O4. The summed E-state index contributed by atoms with van der Waals surface area (Å²) >= 11 is 0. The van der Waals surface area contributed by atoms with E-state index in [-0.39, 0.29) is 24.5 Å². The Morgan fingerprint density at radius 3 is 2.92 bits per heavy atom. The van der Waals surface area contributed by atoms with Crippen molar-refractivity contribution in [1.82, 2.24) is 29.8 Å². The van der Waals surface area contributed by atoms with E-state index in [2.05, 4.69) is 52.4 Å². The first-order valence-electron chi connectivity index (χ1n) is 12.1. The first-order valence-corrected chi connectivity index (χ1v) is 12.1. The number of carbonyl (C=O) groups is 2. The van der Waals surface area contributed by atoms with Crippen LogP contribution in [0.4, 0.5) is 4.79 Å². The van der Waals surface area contributed by atoms with E-state index in [0.717, 1.165) is 38.9 Å². The number of benzene rings is 1. The largest absolute Gasteiger partial charge is 0.439 e. The zero-order valence-corrected chi connectivity index (χ0v) is 20.9. The van der Waals surface area contributed by atoms with Crippen LogP contribution in [0.1, 0.15) is 42.6 Å². The Hall–Kier alpha value is -3.92. The highest BCUT2D eigenvalue weighted by molar-refractivity contribution is 5.92. The van der Waals surface area contributed by atoms with Crippen LogP contribution in [0, 0.1) is 6.92 Å². The lowest BCUT2D eigenvalue weighted by Crippen LogP contribution is -2.44. The van der Waals surface area contributed by atoms with Crippen LogP contribution in [0.3, 0.4) is 0 Å². The van der Waals surface area contributed by atoms with Gasteiger partial charge >= 0.3 is 6.09 Å². The van der Waals surface area contributed by atoms with Crippen LogP contribution in [-0.2, 0) is 14.3 Å². The number of morpholine rings is 1. The van der Waals surface area contributed by atoms with Gasteiger partial charge in [-0.1, -0.05) is 19.9 Å². The molecule has 1 aliphatic heterocycles. The second kappa shape index (κ2) is 9.62. The van der Waals surface area contributed by atoms with Crippen LogP contribution in [0.2, 0.25) is 0 Å². The molecule has 1 atom stereocenters. The molecule has 4 aromatic rings. The van der Waals surface area contributed by atoms with Gasteiger partial charge in [0.05, 0.1) is 18.8 Å². The summed E-state index contributed by atoms with van der Waals surface area (Å²) < 4.78 is 12.8. The van der Waals surface area contributed by atoms with Gasteiger partial charge < -0.3 is 24.7 Å². The van der Waals surface area contributed by atoms with Crippen LogP contribution in [0.25, 0.3) is 27.8 Å². The Morgan fingerprint density at radius 1 is 1.31 bits per heavy atom. The zero-order valence-electron chi connectivity index (χ0n) is 20.9. The molecule has 1 saturated heterocycles.